The topological polar surface area (TPSA) is 237 Å². The van der Waals surface area contributed by atoms with Crippen LogP contribution in [0.2, 0.25) is 0 Å². The van der Waals surface area contributed by atoms with Gasteiger partial charge in [-0.25, -0.2) is 9.13 Å². The highest BCUT2D eigenvalue weighted by Gasteiger charge is 2.30. The van der Waals surface area contributed by atoms with Crippen LogP contribution in [0.5, 0.6) is 0 Å². The SMILES string of the molecule is CCC(C)CCCCCCCCCCCCCCCCC(=O)O[C@H](COC(=O)CCCCCCCCCC(C)C)COP(=O)(O)OCC(O)COP(=O)(O)OC[C@@H](COC(=O)CCCCCCCCCCCC(C)C)OC(=O)CCCCCCCCC(C)CC. The zero-order valence-corrected chi connectivity index (χ0v) is 60.6. The highest BCUT2D eigenvalue weighted by atomic mass is 31.2. The number of aliphatic hydroxyl groups excluding tert-OH is 1. The van der Waals surface area contributed by atoms with E-state index in [0.29, 0.717) is 31.6 Å². The Balaban J connectivity index is 5.22. The fourth-order valence-corrected chi connectivity index (χ4v) is 12.2. The molecule has 90 heavy (non-hydrogen) atoms. The van der Waals surface area contributed by atoms with E-state index < -0.39 is 97.5 Å². The first-order valence-electron chi connectivity index (χ1n) is 36.8. The van der Waals surface area contributed by atoms with Crippen molar-refractivity contribution in [3.05, 3.63) is 0 Å². The van der Waals surface area contributed by atoms with E-state index in [1.54, 1.807) is 0 Å². The van der Waals surface area contributed by atoms with Crippen LogP contribution in [0.3, 0.4) is 0 Å². The summed E-state index contributed by atoms with van der Waals surface area (Å²) in [4.78, 5) is 72.5. The van der Waals surface area contributed by atoms with E-state index in [0.717, 1.165) is 114 Å². The highest BCUT2D eigenvalue weighted by Crippen LogP contribution is 2.45. The number of rotatable bonds is 68. The largest absolute Gasteiger partial charge is 0.472 e. The number of phosphoric acid groups is 2. The Hall–Kier alpha value is -1.94. The van der Waals surface area contributed by atoms with E-state index in [2.05, 4.69) is 55.4 Å². The first kappa shape index (κ1) is 88.1. The summed E-state index contributed by atoms with van der Waals surface area (Å²) in [6.45, 7) is 14.1. The molecular weight excluding hydrogens is 1190 g/mol. The number of carbonyl (C=O) groups is 4. The molecule has 3 N–H and O–H groups in total. The molecule has 0 heterocycles. The van der Waals surface area contributed by atoms with Crippen molar-refractivity contribution in [3.63, 3.8) is 0 Å². The van der Waals surface area contributed by atoms with Crippen molar-refractivity contribution >= 4 is 39.5 Å². The van der Waals surface area contributed by atoms with Crippen LogP contribution in [-0.4, -0.2) is 96.7 Å². The Morgan fingerprint density at radius 1 is 0.311 bits per heavy atom. The Labute approximate surface area is 549 Å². The maximum Gasteiger partial charge on any atom is 0.472 e. The fourth-order valence-electron chi connectivity index (χ4n) is 10.6. The molecule has 0 aromatic carbocycles. The molecule has 0 bridgehead atoms. The molecule has 0 saturated heterocycles. The van der Waals surface area contributed by atoms with Crippen molar-refractivity contribution < 1.29 is 80.2 Å². The van der Waals surface area contributed by atoms with E-state index in [1.807, 2.05) is 0 Å². The second-order valence-corrected chi connectivity index (χ2v) is 30.0. The lowest BCUT2D eigenvalue weighted by Gasteiger charge is -2.21. The van der Waals surface area contributed by atoms with Crippen LogP contribution < -0.4 is 0 Å². The standard InChI is InChI=1S/C71H138O17P2/c1-9-63(7)49-41-33-25-19-15-13-11-12-14-16-20-27-37-45-53-70(75)87-66(57-82-69(74)52-44-36-28-22-24-32-40-48-62(5)6)59-85-89(77,78)83-55-65(72)56-84-90(79,80)86-60-67(88-71(76)54-46-38-30-29-34-42-50-64(8)10-2)58-81-68(73)51-43-35-26-21-17-18-23-31-39-47-61(3)4/h61-67,72H,9-60H2,1-8H3,(H,77,78)(H,79,80)/t63?,64?,65?,66-,67-/m1/s1. The van der Waals surface area contributed by atoms with Crippen LogP contribution in [0.15, 0.2) is 0 Å². The van der Waals surface area contributed by atoms with E-state index in [1.165, 1.54) is 148 Å². The molecule has 0 saturated carbocycles. The van der Waals surface area contributed by atoms with E-state index in [-0.39, 0.29) is 25.7 Å². The zero-order valence-electron chi connectivity index (χ0n) is 58.8. The lowest BCUT2D eigenvalue weighted by Crippen LogP contribution is -2.30. The molecule has 19 heteroatoms. The number of phosphoric ester groups is 2. The van der Waals surface area contributed by atoms with Gasteiger partial charge in [-0.1, -0.05) is 299 Å². The van der Waals surface area contributed by atoms with Crippen molar-refractivity contribution in [2.45, 2.75) is 369 Å². The Bertz CT molecular complexity index is 1790. The predicted octanol–water partition coefficient (Wildman–Crippen LogP) is 20.1. The van der Waals surface area contributed by atoms with Gasteiger partial charge in [-0.3, -0.25) is 37.3 Å². The summed E-state index contributed by atoms with van der Waals surface area (Å²) in [5.41, 5.74) is 0. The third kappa shape index (κ3) is 62.2. The number of carbonyl (C=O) groups excluding carboxylic acids is 4. The van der Waals surface area contributed by atoms with E-state index in [9.17, 15) is 43.2 Å². The molecule has 17 nitrogen and oxygen atoms in total. The molecular formula is C71H138O17P2. The van der Waals surface area contributed by atoms with Gasteiger partial charge in [0, 0.05) is 25.7 Å². The second kappa shape index (κ2) is 60.7. The van der Waals surface area contributed by atoms with Gasteiger partial charge in [0.2, 0.25) is 0 Å². The Morgan fingerprint density at radius 2 is 0.533 bits per heavy atom. The molecule has 0 radical (unpaired) electrons. The quantitative estimate of drug-likeness (QED) is 0.0222. The highest BCUT2D eigenvalue weighted by molar-refractivity contribution is 7.47. The maximum absolute atomic E-state index is 13.0. The molecule has 0 aliphatic carbocycles. The summed E-state index contributed by atoms with van der Waals surface area (Å²) in [6, 6.07) is 0. The van der Waals surface area contributed by atoms with Crippen LogP contribution in [-0.2, 0) is 65.4 Å². The van der Waals surface area contributed by atoms with Crippen molar-refractivity contribution in [1.82, 2.24) is 0 Å². The molecule has 5 unspecified atom stereocenters. The Morgan fingerprint density at radius 3 is 0.789 bits per heavy atom. The average molecular weight is 1330 g/mol. The maximum atomic E-state index is 13.0. The lowest BCUT2D eigenvalue weighted by molar-refractivity contribution is -0.161. The lowest BCUT2D eigenvalue weighted by atomic mass is 9.99. The minimum absolute atomic E-state index is 0.102. The second-order valence-electron chi connectivity index (χ2n) is 27.1. The number of unbranched alkanes of at least 4 members (excludes halogenated alkanes) is 32. The normalized spacial score (nSPS) is 14.9. The molecule has 0 fully saturated rings. The van der Waals surface area contributed by atoms with Gasteiger partial charge >= 0.3 is 39.5 Å². The molecule has 0 aliphatic rings. The van der Waals surface area contributed by atoms with Crippen LogP contribution in [0.1, 0.15) is 351 Å². The summed E-state index contributed by atoms with van der Waals surface area (Å²) < 4.78 is 68.3. The third-order valence-electron chi connectivity index (χ3n) is 17.0. The molecule has 0 aliphatic heterocycles. The van der Waals surface area contributed by atoms with E-state index in [4.69, 9.17) is 37.0 Å². The minimum Gasteiger partial charge on any atom is -0.462 e. The summed E-state index contributed by atoms with van der Waals surface area (Å²) in [6.07, 6.45) is 43.2. The molecule has 534 valence electrons. The van der Waals surface area contributed by atoms with Gasteiger partial charge < -0.3 is 33.8 Å². The first-order chi connectivity index (χ1) is 43.2. The number of hydrogen-bond donors (Lipinski definition) is 3. The van der Waals surface area contributed by atoms with Crippen molar-refractivity contribution in [3.8, 4) is 0 Å². The van der Waals surface area contributed by atoms with Gasteiger partial charge in [0.05, 0.1) is 26.4 Å². The van der Waals surface area contributed by atoms with Gasteiger partial charge in [-0.05, 0) is 49.4 Å². The minimum atomic E-state index is -4.95. The summed E-state index contributed by atoms with van der Waals surface area (Å²) >= 11 is 0. The monoisotopic (exact) mass is 1320 g/mol. The average Bonchev–Trinajstić information content (AvgIpc) is 3.46. The van der Waals surface area contributed by atoms with Crippen molar-refractivity contribution in [2.75, 3.05) is 39.6 Å². The number of aliphatic hydroxyl groups is 1. The first-order valence-corrected chi connectivity index (χ1v) is 39.8. The molecule has 0 spiro atoms. The number of esters is 4. The van der Waals surface area contributed by atoms with Gasteiger partial charge in [-0.2, -0.15) is 0 Å². The fraction of sp³-hybridized carbons (Fsp3) is 0.944. The van der Waals surface area contributed by atoms with Crippen molar-refractivity contribution in [1.29, 1.82) is 0 Å². The summed E-state index contributed by atoms with van der Waals surface area (Å²) in [5.74, 6) is 0.883. The van der Waals surface area contributed by atoms with Gasteiger partial charge in [0.15, 0.2) is 12.2 Å². The molecule has 0 aromatic rings. The van der Waals surface area contributed by atoms with Crippen LogP contribution in [0.25, 0.3) is 0 Å². The smallest absolute Gasteiger partial charge is 0.462 e. The molecule has 0 amide bonds. The van der Waals surface area contributed by atoms with Crippen LogP contribution in [0, 0.1) is 23.7 Å². The third-order valence-corrected chi connectivity index (χ3v) is 18.9. The molecule has 0 rings (SSSR count). The number of ether oxygens (including phenoxy) is 4. The predicted molar refractivity (Wildman–Crippen MR) is 363 cm³/mol. The molecule has 7 atom stereocenters. The molecule has 0 aromatic heterocycles. The van der Waals surface area contributed by atoms with Crippen LogP contribution in [0.4, 0.5) is 0 Å². The van der Waals surface area contributed by atoms with E-state index >= 15 is 0 Å². The van der Waals surface area contributed by atoms with Crippen molar-refractivity contribution in [2.24, 2.45) is 23.7 Å². The van der Waals surface area contributed by atoms with Crippen LogP contribution >= 0.6 is 15.6 Å². The number of hydrogen-bond acceptors (Lipinski definition) is 15. The summed E-state index contributed by atoms with van der Waals surface area (Å²) in [5, 5.41) is 10.6. The van der Waals surface area contributed by atoms with Gasteiger partial charge in [-0.15, -0.1) is 0 Å². The zero-order chi connectivity index (χ0) is 66.8. The van der Waals surface area contributed by atoms with Gasteiger partial charge in [0.1, 0.15) is 19.3 Å². The summed E-state index contributed by atoms with van der Waals surface area (Å²) in [7, 11) is -9.90. The van der Waals surface area contributed by atoms with Gasteiger partial charge in [0.25, 0.3) is 0 Å². The Kier molecular flexibility index (Phi) is 59.4.